The van der Waals surface area contributed by atoms with E-state index in [1.54, 1.807) is 0 Å². The van der Waals surface area contributed by atoms with Gasteiger partial charge in [0.1, 0.15) is 0 Å². The maximum absolute atomic E-state index is 11.0. The van der Waals surface area contributed by atoms with Gasteiger partial charge in [-0.3, -0.25) is 9.59 Å². The molecule has 4 heteroatoms. The Balaban J connectivity index is 2.61. The number of carbonyl (C=O) groups is 2. The van der Waals surface area contributed by atoms with Gasteiger partial charge < -0.3 is 10.4 Å². The number of hydrogen-bond acceptors (Lipinski definition) is 2. The fraction of sp³-hybridized carbons (Fsp3) is 0.800. The number of carboxylic acid groups (broad SMARTS) is 1. The minimum Gasteiger partial charge on any atom is -0.481 e. The second kappa shape index (κ2) is 4.44. The van der Waals surface area contributed by atoms with Crippen LogP contribution < -0.4 is 5.32 Å². The van der Waals surface area contributed by atoms with Gasteiger partial charge in [-0.2, -0.15) is 0 Å². The number of rotatable bonds is 3. The maximum Gasteiger partial charge on any atom is 0.307 e. The molecule has 1 aliphatic heterocycles. The van der Waals surface area contributed by atoms with Gasteiger partial charge in [-0.1, -0.05) is 13.8 Å². The van der Waals surface area contributed by atoms with Crippen LogP contribution in [-0.2, 0) is 9.59 Å². The first kappa shape index (κ1) is 11.0. The Labute approximate surface area is 83.7 Å². The summed E-state index contributed by atoms with van der Waals surface area (Å²) in [5.41, 5.74) is 0. The third kappa shape index (κ3) is 2.47. The van der Waals surface area contributed by atoms with Crippen molar-refractivity contribution in [3.63, 3.8) is 0 Å². The van der Waals surface area contributed by atoms with Crippen molar-refractivity contribution in [1.82, 2.24) is 5.32 Å². The molecule has 1 rings (SSSR count). The maximum atomic E-state index is 11.0. The summed E-state index contributed by atoms with van der Waals surface area (Å²) in [6.45, 7) is 4.33. The van der Waals surface area contributed by atoms with E-state index < -0.39 is 5.97 Å². The third-order valence-electron chi connectivity index (χ3n) is 2.81. The Hall–Kier alpha value is -1.06. The van der Waals surface area contributed by atoms with E-state index in [4.69, 9.17) is 5.11 Å². The molecule has 1 fully saturated rings. The highest BCUT2D eigenvalue weighted by atomic mass is 16.4. The molecule has 0 saturated carbocycles. The molecule has 0 aromatic heterocycles. The fourth-order valence-corrected chi connectivity index (χ4v) is 2.09. The quantitative estimate of drug-likeness (QED) is 0.708. The molecule has 2 N–H and O–H groups in total. The predicted octanol–water partition coefficient (Wildman–Crippen LogP) is 0.869. The van der Waals surface area contributed by atoms with Crippen LogP contribution in [0.4, 0.5) is 0 Å². The zero-order valence-electron chi connectivity index (χ0n) is 8.62. The minimum atomic E-state index is -0.749. The van der Waals surface area contributed by atoms with Gasteiger partial charge in [0.15, 0.2) is 0 Å². The molecule has 0 aromatic rings. The van der Waals surface area contributed by atoms with Crippen molar-refractivity contribution in [3.05, 3.63) is 0 Å². The summed E-state index contributed by atoms with van der Waals surface area (Å²) >= 11 is 0. The third-order valence-corrected chi connectivity index (χ3v) is 2.81. The zero-order valence-corrected chi connectivity index (χ0v) is 8.62. The van der Waals surface area contributed by atoms with Crippen LogP contribution in [0.2, 0.25) is 0 Å². The van der Waals surface area contributed by atoms with Crippen LogP contribution in [0.25, 0.3) is 0 Å². The van der Waals surface area contributed by atoms with Gasteiger partial charge in [0, 0.05) is 13.0 Å². The molecule has 1 saturated heterocycles. The Morgan fingerprint density at radius 1 is 1.57 bits per heavy atom. The Morgan fingerprint density at radius 3 is 2.57 bits per heavy atom. The number of amides is 1. The van der Waals surface area contributed by atoms with Crippen LogP contribution in [0.15, 0.2) is 0 Å². The standard InChI is InChI=1S/C10H17NO3/c1-6(2)9(10(13)14)7-3-4-8(12)11-5-7/h6-7,9H,3-5H2,1-2H3,(H,11,12)(H,13,14). The van der Waals surface area contributed by atoms with Crippen LogP contribution in [0.5, 0.6) is 0 Å². The van der Waals surface area contributed by atoms with Crippen molar-refractivity contribution < 1.29 is 14.7 Å². The molecule has 0 spiro atoms. The summed E-state index contributed by atoms with van der Waals surface area (Å²) in [5.74, 6) is -0.844. The van der Waals surface area contributed by atoms with Crippen molar-refractivity contribution >= 4 is 11.9 Å². The molecule has 0 aliphatic carbocycles. The lowest BCUT2D eigenvalue weighted by molar-refractivity contribution is -0.146. The molecule has 0 aromatic carbocycles. The number of aliphatic carboxylic acids is 1. The van der Waals surface area contributed by atoms with E-state index in [1.807, 2.05) is 13.8 Å². The average Bonchev–Trinajstić information content (AvgIpc) is 2.07. The Bertz CT molecular complexity index is 228. The minimum absolute atomic E-state index is 0.0362. The van der Waals surface area contributed by atoms with E-state index in [9.17, 15) is 9.59 Å². The van der Waals surface area contributed by atoms with Crippen LogP contribution in [0, 0.1) is 17.8 Å². The SMILES string of the molecule is CC(C)C(C(=O)O)C1CCC(=O)NC1. The zero-order chi connectivity index (χ0) is 10.7. The number of hydrogen-bond donors (Lipinski definition) is 2. The van der Waals surface area contributed by atoms with Crippen molar-refractivity contribution in [2.45, 2.75) is 26.7 Å². The molecule has 0 radical (unpaired) electrons. The summed E-state index contributed by atoms with van der Waals surface area (Å²) in [6, 6.07) is 0. The predicted molar refractivity (Wildman–Crippen MR) is 51.7 cm³/mol. The first-order valence-corrected chi connectivity index (χ1v) is 5.02. The van der Waals surface area contributed by atoms with Crippen molar-refractivity contribution in [3.8, 4) is 0 Å². The lowest BCUT2D eigenvalue weighted by atomic mass is 9.79. The van der Waals surface area contributed by atoms with Gasteiger partial charge in [-0.15, -0.1) is 0 Å². The number of carbonyl (C=O) groups excluding carboxylic acids is 1. The van der Waals surface area contributed by atoms with Gasteiger partial charge in [0.25, 0.3) is 0 Å². The molecule has 14 heavy (non-hydrogen) atoms. The highest BCUT2D eigenvalue weighted by molar-refractivity contribution is 5.77. The van der Waals surface area contributed by atoms with Crippen molar-refractivity contribution in [2.24, 2.45) is 17.8 Å². The Morgan fingerprint density at radius 2 is 2.21 bits per heavy atom. The van der Waals surface area contributed by atoms with E-state index in [0.29, 0.717) is 19.4 Å². The van der Waals surface area contributed by atoms with Crippen molar-refractivity contribution in [2.75, 3.05) is 6.54 Å². The lowest BCUT2D eigenvalue weighted by Gasteiger charge is -2.29. The highest BCUT2D eigenvalue weighted by Crippen LogP contribution is 2.26. The Kier molecular flexibility index (Phi) is 3.49. The van der Waals surface area contributed by atoms with Crippen LogP contribution in [0.3, 0.4) is 0 Å². The number of nitrogens with one attached hydrogen (secondary N) is 1. The first-order valence-electron chi connectivity index (χ1n) is 5.02. The van der Waals surface area contributed by atoms with E-state index >= 15 is 0 Å². The second-order valence-electron chi connectivity index (χ2n) is 4.21. The normalized spacial score (nSPS) is 24.5. The van der Waals surface area contributed by atoms with Crippen LogP contribution in [-0.4, -0.2) is 23.5 Å². The first-order chi connectivity index (χ1) is 6.52. The molecule has 1 amide bonds. The van der Waals surface area contributed by atoms with Crippen LogP contribution in [0.1, 0.15) is 26.7 Å². The van der Waals surface area contributed by atoms with Gasteiger partial charge in [-0.05, 0) is 18.3 Å². The highest BCUT2D eigenvalue weighted by Gasteiger charge is 2.33. The van der Waals surface area contributed by atoms with Gasteiger partial charge in [-0.25, -0.2) is 0 Å². The number of carboxylic acids is 1. The smallest absolute Gasteiger partial charge is 0.307 e. The number of piperidine rings is 1. The molecule has 2 unspecified atom stereocenters. The summed E-state index contributed by atoms with van der Waals surface area (Å²) in [5, 5.41) is 11.8. The van der Waals surface area contributed by atoms with Crippen LogP contribution >= 0.6 is 0 Å². The molecule has 1 aliphatic rings. The molecule has 4 nitrogen and oxygen atoms in total. The average molecular weight is 199 g/mol. The summed E-state index contributed by atoms with van der Waals surface area (Å²) in [7, 11) is 0. The van der Waals surface area contributed by atoms with Gasteiger partial charge >= 0.3 is 5.97 Å². The lowest BCUT2D eigenvalue weighted by Crippen LogP contribution is -2.41. The van der Waals surface area contributed by atoms with E-state index in [1.165, 1.54) is 0 Å². The molecule has 2 atom stereocenters. The summed E-state index contributed by atoms with van der Waals surface area (Å²) in [6.07, 6.45) is 1.15. The van der Waals surface area contributed by atoms with Gasteiger partial charge in [0.05, 0.1) is 5.92 Å². The molecule has 1 heterocycles. The molecular formula is C10H17NO3. The molecule has 0 bridgehead atoms. The van der Waals surface area contributed by atoms with E-state index in [-0.39, 0.29) is 23.7 Å². The van der Waals surface area contributed by atoms with E-state index in [2.05, 4.69) is 5.32 Å². The second-order valence-corrected chi connectivity index (χ2v) is 4.21. The monoisotopic (exact) mass is 199 g/mol. The fourth-order valence-electron chi connectivity index (χ4n) is 2.09. The topological polar surface area (TPSA) is 66.4 Å². The largest absolute Gasteiger partial charge is 0.481 e. The summed E-state index contributed by atoms with van der Waals surface area (Å²) in [4.78, 5) is 21.9. The molecule has 80 valence electrons. The van der Waals surface area contributed by atoms with Crippen molar-refractivity contribution in [1.29, 1.82) is 0 Å². The molecular weight excluding hydrogens is 182 g/mol. The van der Waals surface area contributed by atoms with E-state index in [0.717, 1.165) is 0 Å². The summed E-state index contributed by atoms with van der Waals surface area (Å²) < 4.78 is 0. The van der Waals surface area contributed by atoms with Gasteiger partial charge in [0.2, 0.25) is 5.91 Å².